The molecule has 0 aromatic heterocycles. The summed E-state index contributed by atoms with van der Waals surface area (Å²) in [6, 6.07) is 9.08. The Balaban J connectivity index is 2.22. The lowest BCUT2D eigenvalue weighted by molar-refractivity contribution is 0.102. The largest absolute Gasteiger partial charge is 0.494 e. The fourth-order valence-electron chi connectivity index (χ4n) is 1.73. The van der Waals surface area contributed by atoms with Crippen molar-refractivity contribution in [1.82, 2.24) is 0 Å². The minimum Gasteiger partial charge on any atom is -0.494 e. The molecule has 2 rings (SSSR count). The van der Waals surface area contributed by atoms with Crippen LogP contribution in [0.3, 0.4) is 0 Å². The van der Waals surface area contributed by atoms with Gasteiger partial charge in [-0.25, -0.2) is 4.39 Å². The first kappa shape index (κ1) is 15.6. The van der Waals surface area contributed by atoms with Crippen molar-refractivity contribution in [3.05, 3.63) is 57.8 Å². The molecular weight excluding hydrogens is 316 g/mol. The van der Waals surface area contributed by atoms with Gasteiger partial charge in [0.15, 0.2) is 0 Å². The van der Waals surface area contributed by atoms with Crippen molar-refractivity contribution in [2.45, 2.75) is 6.92 Å². The number of hydrogen-bond acceptors (Lipinski definition) is 2. The fraction of sp³-hybridized carbons (Fsp3) is 0.133. The van der Waals surface area contributed by atoms with Crippen molar-refractivity contribution in [3.8, 4) is 5.75 Å². The van der Waals surface area contributed by atoms with Crippen molar-refractivity contribution in [3.63, 3.8) is 0 Å². The first-order chi connectivity index (χ1) is 10.0. The second-order valence-corrected chi connectivity index (χ2v) is 4.98. The van der Waals surface area contributed by atoms with Crippen molar-refractivity contribution in [1.29, 1.82) is 0 Å². The van der Waals surface area contributed by atoms with E-state index in [0.717, 1.165) is 6.07 Å². The zero-order chi connectivity index (χ0) is 15.4. The Morgan fingerprint density at radius 3 is 2.71 bits per heavy atom. The van der Waals surface area contributed by atoms with Crippen LogP contribution in [0.1, 0.15) is 17.3 Å². The smallest absolute Gasteiger partial charge is 0.257 e. The molecule has 0 spiro atoms. The average Bonchev–Trinajstić information content (AvgIpc) is 2.43. The topological polar surface area (TPSA) is 38.3 Å². The molecule has 1 amide bonds. The van der Waals surface area contributed by atoms with Crippen LogP contribution in [0.15, 0.2) is 36.4 Å². The molecule has 0 aliphatic heterocycles. The Hall–Kier alpha value is -1.78. The molecule has 0 atom stereocenters. The molecule has 0 heterocycles. The Labute approximate surface area is 131 Å². The standard InChI is InChI=1S/C15H12Cl2FNO2/c1-2-21-10-5-3-4-9(6-10)19-15(20)11-7-14(18)13(17)8-12(11)16/h3-8H,2H2,1H3,(H,19,20). The quantitative estimate of drug-likeness (QED) is 0.820. The van der Waals surface area contributed by atoms with Gasteiger partial charge in [-0.15, -0.1) is 0 Å². The van der Waals surface area contributed by atoms with E-state index in [2.05, 4.69) is 5.32 Å². The number of nitrogens with one attached hydrogen (secondary N) is 1. The summed E-state index contributed by atoms with van der Waals surface area (Å²) < 4.78 is 18.8. The van der Waals surface area contributed by atoms with Crippen LogP contribution in [0.4, 0.5) is 10.1 Å². The van der Waals surface area contributed by atoms with E-state index in [4.69, 9.17) is 27.9 Å². The van der Waals surface area contributed by atoms with Crippen LogP contribution in [-0.4, -0.2) is 12.5 Å². The third kappa shape index (κ3) is 3.86. The van der Waals surface area contributed by atoms with Crippen molar-refractivity contribution >= 4 is 34.8 Å². The van der Waals surface area contributed by atoms with Crippen LogP contribution in [-0.2, 0) is 0 Å². The molecule has 110 valence electrons. The van der Waals surface area contributed by atoms with Gasteiger partial charge in [0.05, 0.1) is 22.2 Å². The SMILES string of the molecule is CCOc1cccc(NC(=O)c2cc(F)c(Cl)cc2Cl)c1. The highest BCUT2D eigenvalue weighted by Gasteiger charge is 2.14. The van der Waals surface area contributed by atoms with Gasteiger partial charge in [-0.2, -0.15) is 0 Å². The Kier molecular flexibility index (Phi) is 5.04. The summed E-state index contributed by atoms with van der Waals surface area (Å²) in [6.07, 6.45) is 0. The summed E-state index contributed by atoms with van der Waals surface area (Å²) in [5, 5.41) is 2.58. The fourth-order valence-corrected chi connectivity index (χ4v) is 2.19. The molecule has 0 bridgehead atoms. The minimum atomic E-state index is -0.700. The Morgan fingerprint density at radius 1 is 1.24 bits per heavy atom. The number of carbonyl (C=O) groups is 1. The van der Waals surface area contributed by atoms with Gasteiger partial charge < -0.3 is 10.1 Å². The van der Waals surface area contributed by atoms with Crippen molar-refractivity contribution < 1.29 is 13.9 Å². The molecule has 2 aromatic carbocycles. The van der Waals surface area contributed by atoms with Crippen LogP contribution in [0.2, 0.25) is 10.0 Å². The summed E-state index contributed by atoms with van der Waals surface area (Å²) in [5.41, 5.74) is 0.540. The zero-order valence-corrected chi connectivity index (χ0v) is 12.6. The zero-order valence-electron chi connectivity index (χ0n) is 11.1. The van der Waals surface area contributed by atoms with Crippen LogP contribution in [0.25, 0.3) is 0 Å². The van der Waals surface area contributed by atoms with E-state index in [0.29, 0.717) is 18.0 Å². The number of hydrogen-bond donors (Lipinski definition) is 1. The lowest BCUT2D eigenvalue weighted by Crippen LogP contribution is -2.13. The highest BCUT2D eigenvalue weighted by molar-refractivity contribution is 6.37. The molecule has 3 nitrogen and oxygen atoms in total. The van der Waals surface area contributed by atoms with Gasteiger partial charge in [0.2, 0.25) is 0 Å². The van der Waals surface area contributed by atoms with Gasteiger partial charge in [0, 0.05) is 11.8 Å². The van der Waals surface area contributed by atoms with Gasteiger partial charge in [-0.05, 0) is 31.2 Å². The lowest BCUT2D eigenvalue weighted by atomic mass is 10.2. The number of amides is 1. The van der Waals surface area contributed by atoms with E-state index in [1.807, 2.05) is 6.92 Å². The molecule has 0 unspecified atom stereocenters. The third-order valence-corrected chi connectivity index (χ3v) is 3.26. The molecule has 0 aliphatic carbocycles. The van der Waals surface area contributed by atoms with Crippen LogP contribution in [0.5, 0.6) is 5.75 Å². The monoisotopic (exact) mass is 327 g/mol. The van der Waals surface area contributed by atoms with Gasteiger partial charge in [-0.1, -0.05) is 29.3 Å². The van der Waals surface area contributed by atoms with Crippen molar-refractivity contribution in [2.24, 2.45) is 0 Å². The summed E-state index contributed by atoms with van der Waals surface area (Å²) in [6.45, 7) is 2.38. The van der Waals surface area contributed by atoms with Crippen LogP contribution >= 0.6 is 23.2 Å². The van der Waals surface area contributed by atoms with E-state index in [9.17, 15) is 9.18 Å². The van der Waals surface area contributed by atoms with Crippen LogP contribution in [0, 0.1) is 5.82 Å². The van der Waals surface area contributed by atoms with E-state index < -0.39 is 11.7 Å². The van der Waals surface area contributed by atoms with E-state index in [1.165, 1.54) is 6.07 Å². The number of halogens is 3. The molecule has 0 fully saturated rings. The molecule has 0 aliphatic rings. The predicted molar refractivity (Wildman–Crippen MR) is 82.0 cm³/mol. The lowest BCUT2D eigenvalue weighted by Gasteiger charge is -2.09. The second kappa shape index (κ2) is 6.78. The van der Waals surface area contributed by atoms with E-state index in [-0.39, 0.29) is 15.6 Å². The highest BCUT2D eigenvalue weighted by atomic mass is 35.5. The van der Waals surface area contributed by atoms with Gasteiger partial charge >= 0.3 is 0 Å². The molecule has 0 saturated carbocycles. The second-order valence-electron chi connectivity index (χ2n) is 4.16. The molecule has 1 N–H and O–H groups in total. The first-order valence-electron chi connectivity index (χ1n) is 6.20. The molecule has 0 saturated heterocycles. The molecule has 21 heavy (non-hydrogen) atoms. The number of carbonyl (C=O) groups excluding carboxylic acids is 1. The number of rotatable bonds is 4. The number of ether oxygens (including phenoxy) is 1. The van der Waals surface area contributed by atoms with Crippen molar-refractivity contribution in [2.75, 3.05) is 11.9 Å². The summed E-state index contributed by atoms with van der Waals surface area (Å²) in [5.74, 6) is -0.595. The number of benzene rings is 2. The molecule has 0 radical (unpaired) electrons. The van der Waals surface area contributed by atoms with Gasteiger partial charge in [0.1, 0.15) is 11.6 Å². The first-order valence-corrected chi connectivity index (χ1v) is 6.95. The minimum absolute atomic E-state index is 0.0142. The number of anilines is 1. The Morgan fingerprint density at radius 2 is 2.00 bits per heavy atom. The maximum Gasteiger partial charge on any atom is 0.257 e. The third-order valence-electron chi connectivity index (χ3n) is 2.66. The normalized spacial score (nSPS) is 10.3. The maximum absolute atomic E-state index is 13.4. The molecular formula is C15H12Cl2FNO2. The van der Waals surface area contributed by atoms with Gasteiger partial charge in [-0.3, -0.25) is 4.79 Å². The summed E-state index contributed by atoms with van der Waals surface area (Å²) >= 11 is 11.5. The average molecular weight is 328 g/mol. The summed E-state index contributed by atoms with van der Waals surface area (Å²) in [4.78, 5) is 12.1. The molecule has 6 heteroatoms. The Bertz CT molecular complexity index is 677. The molecule has 2 aromatic rings. The summed E-state index contributed by atoms with van der Waals surface area (Å²) in [7, 11) is 0. The van der Waals surface area contributed by atoms with Crippen LogP contribution < -0.4 is 10.1 Å². The van der Waals surface area contributed by atoms with E-state index in [1.54, 1.807) is 24.3 Å². The predicted octanol–water partition coefficient (Wildman–Crippen LogP) is 4.78. The highest BCUT2D eigenvalue weighted by Crippen LogP contribution is 2.25. The van der Waals surface area contributed by atoms with E-state index >= 15 is 0 Å². The van der Waals surface area contributed by atoms with Gasteiger partial charge in [0.25, 0.3) is 5.91 Å². The maximum atomic E-state index is 13.4.